The van der Waals surface area contributed by atoms with Gasteiger partial charge in [0.2, 0.25) is 0 Å². The van der Waals surface area contributed by atoms with Gasteiger partial charge in [0.15, 0.2) is 0 Å². The van der Waals surface area contributed by atoms with E-state index in [0.717, 1.165) is 0 Å². The van der Waals surface area contributed by atoms with Gasteiger partial charge in [-0.2, -0.15) is 0 Å². The van der Waals surface area contributed by atoms with Crippen LogP contribution in [0.15, 0.2) is 29.8 Å². The minimum absolute atomic E-state index is 0.0201. The van der Waals surface area contributed by atoms with Crippen molar-refractivity contribution in [2.45, 2.75) is 32.8 Å². The number of carbonyl (C=O) groups is 2. The van der Waals surface area contributed by atoms with Gasteiger partial charge in [0, 0.05) is 0 Å². The van der Waals surface area contributed by atoms with E-state index in [-0.39, 0.29) is 11.4 Å². The maximum atomic E-state index is 13.3. The zero-order valence-corrected chi connectivity index (χ0v) is 12.7. The van der Waals surface area contributed by atoms with Gasteiger partial charge < -0.3 is 9.84 Å². The zero-order chi connectivity index (χ0) is 16.2. The lowest BCUT2D eigenvalue weighted by molar-refractivity contribution is -0.152. The fourth-order valence-electron chi connectivity index (χ4n) is 1.48. The molecule has 1 rings (SSSR count). The van der Waals surface area contributed by atoms with Crippen molar-refractivity contribution in [2.24, 2.45) is 0 Å². The summed E-state index contributed by atoms with van der Waals surface area (Å²) in [6.07, 6.45) is 1.27. The molecule has 21 heavy (non-hydrogen) atoms. The molecule has 0 spiro atoms. The number of benzene rings is 1. The predicted octanol–water partition coefficient (Wildman–Crippen LogP) is 3.37. The normalized spacial score (nSPS) is 12.1. The molecule has 1 aromatic rings. The van der Waals surface area contributed by atoms with E-state index in [0.29, 0.717) is 5.56 Å². The van der Waals surface area contributed by atoms with Crippen LogP contribution in [0.25, 0.3) is 0 Å². The monoisotopic (exact) mass is 314 g/mol. The van der Waals surface area contributed by atoms with Crippen LogP contribution in [0.3, 0.4) is 0 Å². The van der Waals surface area contributed by atoms with Gasteiger partial charge in [-0.1, -0.05) is 23.7 Å². The van der Waals surface area contributed by atoms with Crippen LogP contribution in [0.5, 0.6) is 0 Å². The number of allylic oxidation sites excluding steroid dienone is 1. The molecule has 1 aromatic carbocycles. The van der Waals surface area contributed by atoms with E-state index in [1.807, 2.05) is 0 Å². The van der Waals surface area contributed by atoms with Gasteiger partial charge in [0.05, 0.1) is 5.02 Å². The van der Waals surface area contributed by atoms with Crippen LogP contribution < -0.4 is 0 Å². The summed E-state index contributed by atoms with van der Waals surface area (Å²) < 4.78 is 18.3. The summed E-state index contributed by atoms with van der Waals surface area (Å²) in [5.74, 6) is -2.92. The Hall–Kier alpha value is -1.88. The molecule has 0 aliphatic carbocycles. The molecule has 6 heteroatoms. The molecular formula is C15H16ClFO4. The van der Waals surface area contributed by atoms with Gasteiger partial charge in [0.25, 0.3) is 0 Å². The van der Waals surface area contributed by atoms with E-state index < -0.39 is 28.9 Å². The third kappa shape index (κ3) is 5.55. The SMILES string of the molecule is CC(C)(C)OC(=O)/C(=C\Cc1ccc(Cl)c(F)c1)C(=O)O. The molecule has 0 radical (unpaired) electrons. The van der Waals surface area contributed by atoms with E-state index in [2.05, 4.69) is 0 Å². The van der Waals surface area contributed by atoms with Crippen molar-refractivity contribution in [3.63, 3.8) is 0 Å². The van der Waals surface area contributed by atoms with Crippen molar-refractivity contribution in [3.8, 4) is 0 Å². The van der Waals surface area contributed by atoms with Crippen LogP contribution in [-0.2, 0) is 20.7 Å². The summed E-state index contributed by atoms with van der Waals surface area (Å²) in [5.41, 5.74) is -0.780. The van der Waals surface area contributed by atoms with E-state index in [9.17, 15) is 14.0 Å². The third-order valence-electron chi connectivity index (χ3n) is 2.38. The summed E-state index contributed by atoms with van der Waals surface area (Å²) in [6.45, 7) is 4.91. The Labute approximate surface area is 127 Å². The van der Waals surface area contributed by atoms with Crippen LogP contribution in [0.1, 0.15) is 26.3 Å². The summed E-state index contributed by atoms with van der Waals surface area (Å²) >= 11 is 5.56. The number of carboxylic acids is 1. The molecule has 0 aromatic heterocycles. The zero-order valence-electron chi connectivity index (χ0n) is 11.9. The predicted molar refractivity (Wildman–Crippen MR) is 76.7 cm³/mol. The van der Waals surface area contributed by atoms with Gasteiger partial charge in [-0.15, -0.1) is 0 Å². The second-order valence-corrected chi connectivity index (χ2v) is 5.78. The Bertz CT molecular complexity index is 588. The van der Waals surface area contributed by atoms with Crippen LogP contribution in [0.2, 0.25) is 5.02 Å². The van der Waals surface area contributed by atoms with Crippen molar-refractivity contribution in [2.75, 3.05) is 0 Å². The first-order valence-electron chi connectivity index (χ1n) is 6.21. The minimum atomic E-state index is -1.39. The first-order valence-corrected chi connectivity index (χ1v) is 6.58. The highest BCUT2D eigenvalue weighted by atomic mass is 35.5. The molecule has 0 heterocycles. The molecular weight excluding hydrogens is 299 g/mol. The Morgan fingerprint density at radius 3 is 2.48 bits per heavy atom. The minimum Gasteiger partial charge on any atom is -0.477 e. The second kappa shape index (κ2) is 6.72. The maximum absolute atomic E-state index is 13.3. The number of rotatable bonds is 4. The molecule has 0 saturated carbocycles. The quantitative estimate of drug-likeness (QED) is 0.400. The van der Waals surface area contributed by atoms with Gasteiger partial charge in [-0.3, -0.25) is 0 Å². The molecule has 114 valence electrons. The second-order valence-electron chi connectivity index (χ2n) is 5.38. The van der Waals surface area contributed by atoms with Crippen LogP contribution in [0, 0.1) is 5.82 Å². The molecule has 0 atom stereocenters. The Balaban J connectivity index is 2.93. The number of carboxylic acid groups (broad SMARTS) is 1. The fraction of sp³-hybridized carbons (Fsp3) is 0.333. The number of esters is 1. The van der Waals surface area contributed by atoms with E-state index in [1.54, 1.807) is 26.8 Å². The van der Waals surface area contributed by atoms with Crippen molar-refractivity contribution in [1.29, 1.82) is 0 Å². The molecule has 0 aliphatic heterocycles. The van der Waals surface area contributed by atoms with Crippen LogP contribution in [0.4, 0.5) is 4.39 Å². The average Bonchev–Trinajstić information content (AvgIpc) is 2.31. The number of aliphatic carboxylic acids is 1. The molecule has 0 fully saturated rings. The molecule has 0 bridgehead atoms. The van der Waals surface area contributed by atoms with Gasteiger partial charge in [-0.05, 0) is 44.9 Å². The molecule has 0 unspecified atom stereocenters. The van der Waals surface area contributed by atoms with Crippen molar-refractivity contribution in [1.82, 2.24) is 0 Å². The molecule has 4 nitrogen and oxygen atoms in total. The van der Waals surface area contributed by atoms with Crippen molar-refractivity contribution >= 4 is 23.5 Å². The Morgan fingerprint density at radius 2 is 2.00 bits per heavy atom. The molecule has 1 N–H and O–H groups in total. The van der Waals surface area contributed by atoms with Gasteiger partial charge >= 0.3 is 11.9 Å². The number of ether oxygens (including phenoxy) is 1. The standard InChI is InChI=1S/C15H16ClFO4/c1-15(2,3)21-14(20)10(13(18)19)6-4-9-5-7-11(16)12(17)8-9/h5-8H,4H2,1-3H3,(H,18,19)/b10-6-. The fourth-order valence-corrected chi connectivity index (χ4v) is 1.60. The number of hydrogen-bond donors (Lipinski definition) is 1. The third-order valence-corrected chi connectivity index (χ3v) is 2.68. The van der Waals surface area contributed by atoms with Crippen molar-refractivity contribution < 1.29 is 23.8 Å². The highest BCUT2D eigenvalue weighted by Gasteiger charge is 2.24. The number of hydrogen-bond acceptors (Lipinski definition) is 3. The van der Waals surface area contributed by atoms with E-state index >= 15 is 0 Å². The summed E-state index contributed by atoms with van der Waals surface area (Å²) in [6, 6.07) is 4.11. The van der Waals surface area contributed by atoms with Gasteiger partial charge in [0.1, 0.15) is 17.0 Å². The van der Waals surface area contributed by atoms with Crippen molar-refractivity contribution in [3.05, 3.63) is 46.3 Å². The number of carbonyl (C=O) groups excluding carboxylic acids is 1. The Morgan fingerprint density at radius 1 is 1.38 bits per heavy atom. The largest absolute Gasteiger partial charge is 0.477 e. The van der Waals surface area contributed by atoms with Crippen LogP contribution in [-0.4, -0.2) is 22.6 Å². The first kappa shape index (κ1) is 17.2. The molecule has 0 amide bonds. The van der Waals surface area contributed by atoms with Gasteiger partial charge in [-0.25, -0.2) is 14.0 Å². The number of halogens is 2. The summed E-state index contributed by atoms with van der Waals surface area (Å²) in [5, 5.41) is 9.03. The molecule has 0 saturated heterocycles. The topological polar surface area (TPSA) is 63.6 Å². The Kier molecular flexibility index (Phi) is 5.49. The smallest absolute Gasteiger partial charge is 0.345 e. The maximum Gasteiger partial charge on any atom is 0.345 e. The lowest BCUT2D eigenvalue weighted by atomic mass is 10.1. The van der Waals surface area contributed by atoms with E-state index in [1.165, 1.54) is 18.2 Å². The van der Waals surface area contributed by atoms with Crippen LogP contribution >= 0.6 is 11.6 Å². The highest BCUT2D eigenvalue weighted by Crippen LogP contribution is 2.17. The molecule has 0 aliphatic rings. The highest BCUT2D eigenvalue weighted by molar-refractivity contribution is 6.30. The summed E-state index contributed by atoms with van der Waals surface area (Å²) in [7, 11) is 0. The lowest BCUT2D eigenvalue weighted by Crippen LogP contribution is -2.27. The average molecular weight is 315 g/mol. The van der Waals surface area contributed by atoms with E-state index in [4.69, 9.17) is 21.4 Å². The lowest BCUT2D eigenvalue weighted by Gasteiger charge is -2.19. The summed E-state index contributed by atoms with van der Waals surface area (Å²) in [4.78, 5) is 22.9. The first-order chi connectivity index (χ1) is 9.60.